The number of fused-ring (bicyclic) bond motifs is 1. The Morgan fingerprint density at radius 3 is 2.41 bits per heavy atom. The average Bonchev–Trinajstić information content (AvgIpc) is 3.29. The molecular formula is C27H24N2O2S. The van der Waals surface area contributed by atoms with E-state index in [2.05, 4.69) is 23.5 Å². The predicted molar refractivity (Wildman–Crippen MR) is 128 cm³/mol. The van der Waals surface area contributed by atoms with Crippen LogP contribution in [0.3, 0.4) is 0 Å². The maximum absolute atomic E-state index is 12.7. The minimum absolute atomic E-state index is 0.00238. The summed E-state index contributed by atoms with van der Waals surface area (Å²) in [7, 11) is 0. The molecule has 1 atom stereocenters. The quantitative estimate of drug-likeness (QED) is 0.358. The van der Waals surface area contributed by atoms with Crippen molar-refractivity contribution in [3.8, 4) is 22.6 Å². The molecule has 0 unspecified atom stereocenters. The van der Waals surface area contributed by atoms with Gasteiger partial charge in [-0.1, -0.05) is 96.7 Å². The summed E-state index contributed by atoms with van der Waals surface area (Å²) in [4.78, 5) is 17.5. The molecule has 1 aliphatic carbocycles. The zero-order chi connectivity index (χ0) is 21.8. The molecule has 1 amide bonds. The number of aromatic nitrogens is 1. The molecule has 5 heteroatoms. The van der Waals surface area contributed by atoms with Crippen LogP contribution in [-0.2, 0) is 11.2 Å². The highest BCUT2D eigenvalue weighted by atomic mass is 32.2. The fourth-order valence-corrected chi connectivity index (χ4v) is 4.84. The van der Waals surface area contributed by atoms with Crippen molar-refractivity contribution in [2.75, 3.05) is 5.75 Å². The maximum Gasteiger partial charge on any atom is 0.257 e. The Kier molecular flexibility index (Phi) is 6.08. The Hall–Kier alpha value is -3.31. The lowest BCUT2D eigenvalue weighted by molar-refractivity contribution is -0.119. The molecule has 0 bridgehead atoms. The van der Waals surface area contributed by atoms with Gasteiger partial charge < -0.3 is 9.73 Å². The van der Waals surface area contributed by atoms with Gasteiger partial charge in [0.15, 0.2) is 5.76 Å². The summed E-state index contributed by atoms with van der Waals surface area (Å²) in [6.07, 6.45) is 3.15. The van der Waals surface area contributed by atoms with Gasteiger partial charge in [-0.15, -0.1) is 0 Å². The molecule has 0 fully saturated rings. The van der Waals surface area contributed by atoms with Crippen molar-refractivity contribution >= 4 is 17.7 Å². The van der Waals surface area contributed by atoms with E-state index in [0.29, 0.717) is 5.22 Å². The number of nitrogens with zero attached hydrogens (tertiary/aromatic N) is 1. The molecule has 4 aromatic rings. The van der Waals surface area contributed by atoms with Crippen molar-refractivity contribution in [1.82, 2.24) is 10.3 Å². The van der Waals surface area contributed by atoms with Gasteiger partial charge in [-0.05, 0) is 30.4 Å². The standard InChI is InChI=1S/C27H24N2O2S/c30-24(28-23-17-9-15-19-10-7-8-16-22(19)23)18-32-27-29-25(20-11-3-1-4-12-20)26(31-27)21-13-5-2-6-14-21/h1-8,10-14,16,23H,9,15,17-18H2,(H,28,30)/t23-/m0/s1. The smallest absolute Gasteiger partial charge is 0.257 e. The van der Waals surface area contributed by atoms with Gasteiger partial charge in [0.1, 0.15) is 5.69 Å². The average molecular weight is 441 g/mol. The molecule has 1 aromatic heterocycles. The van der Waals surface area contributed by atoms with Crippen molar-refractivity contribution in [3.63, 3.8) is 0 Å². The summed E-state index contributed by atoms with van der Waals surface area (Å²) >= 11 is 1.33. The third kappa shape index (κ3) is 4.48. The summed E-state index contributed by atoms with van der Waals surface area (Å²) in [6.45, 7) is 0. The zero-order valence-corrected chi connectivity index (χ0v) is 18.5. The number of carbonyl (C=O) groups is 1. The topological polar surface area (TPSA) is 55.1 Å². The third-order valence-corrected chi connectivity index (χ3v) is 6.55. The predicted octanol–water partition coefficient (Wildman–Crippen LogP) is 6.29. The second kappa shape index (κ2) is 9.45. The van der Waals surface area contributed by atoms with Gasteiger partial charge in [0, 0.05) is 11.1 Å². The summed E-state index contributed by atoms with van der Waals surface area (Å²) in [6, 6.07) is 28.4. The van der Waals surface area contributed by atoms with Crippen molar-refractivity contribution in [2.24, 2.45) is 0 Å². The van der Waals surface area contributed by atoms with E-state index in [0.717, 1.165) is 41.8 Å². The lowest BCUT2D eigenvalue weighted by Gasteiger charge is -2.26. The number of rotatable bonds is 6. The summed E-state index contributed by atoms with van der Waals surface area (Å²) in [5.41, 5.74) is 5.33. The van der Waals surface area contributed by atoms with E-state index in [4.69, 9.17) is 9.40 Å². The Balaban J connectivity index is 1.32. The van der Waals surface area contributed by atoms with E-state index in [1.807, 2.05) is 66.7 Å². The van der Waals surface area contributed by atoms with Gasteiger partial charge in [-0.2, -0.15) is 0 Å². The summed E-state index contributed by atoms with van der Waals surface area (Å²) in [5, 5.41) is 3.70. The lowest BCUT2D eigenvalue weighted by Crippen LogP contribution is -2.32. The van der Waals surface area contributed by atoms with Crippen LogP contribution in [-0.4, -0.2) is 16.6 Å². The van der Waals surface area contributed by atoms with Crippen LogP contribution in [0.2, 0.25) is 0 Å². The first-order chi connectivity index (χ1) is 15.8. The van der Waals surface area contributed by atoms with Crippen LogP contribution < -0.4 is 5.32 Å². The third-order valence-electron chi connectivity index (χ3n) is 5.72. The number of benzene rings is 3. The van der Waals surface area contributed by atoms with Gasteiger partial charge >= 0.3 is 0 Å². The van der Waals surface area contributed by atoms with Gasteiger partial charge in [-0.25, -0.2) is 4.98 Å². The molecule has 32 heavy (non-hydrogen) atoms. The Morgan fingerprint density at radius 1 is 0.938 bits per heavy atom. The number of hydrogen-bond acceptors (Lipinski definition) is 4. The Bertz CT molecular complexity index is 1150. The first kappa shape index (κ1) is 20.6. The highest BCUT2D eigenvalue weighted by molar-refractivity contribution is 7.99. The van der Waals surface area contributed by atoms with Crippen LogP contribution in [0.15, 0.2) is 94.6 Å². The lowest BCUT2D eigenvalue weighted by atomic mass is 9.88. The first-order valence-corrected chi connectivity index (χ1v) is 11.9. The summed E-state index contributed by atoms with van der Waals surface area (Å²) in [5.74, 6) is 0.986. The number of oxazole rings is 1. The van der Waals surface area contributed by atoms with Crippen LogP contribution in [0, 0.1) is 0 Å². The molecule has 4 nitrogen and oxygen atoms in total. The maximum atomic E-state index is 12.7. The molecule has 0 saturated heterocycles. The van der Waals surface area contributed by atoms with Gasteiger partial charge in [0.25, 0.3) is 5.22 Å². The van der Waals surface area contributed by atoms with Crippen LogP contribution >= 0.6 is 11.8 Å². The number of thioether (sulfide) groups is 1. The second-order valence-electron chi connectivity index (χ2n) is 7.89. The van der Waals surface area contributed by atoms with E-state index < -0.39 is 0 Å². The zero-order valence-electron chi connectivity index (χ0n) is 17.7. The molecule has 0 spiro atoms. The van der Waals surface area contributed by atoms with Crippen LogP contribution in [0.1, 0.15) is 30.0 Å². The van der Waals surface area contributed by atoms with Crippen molar-refractivity contribution in [2.45, 2.75) is 30.5 Å². The van der Waals surface area contributed by atoms with E-state index in [1.165, 1.54) is 22.9 Å². The number of nitrogens with one attached hydrogen (secondary N) is 1. The van der Waals surface area contributed by atoms with E-state index in [1.54, 1.807) is 0 Å². The number of carbonyl (C=O) groups excluding carboxylic acids is 1. The molecule has 0 saturated carbocycles. The molecule has 160 valence electrons. The number of hydrogen-bond donors (Lipinski definition) is 1. The molecule has 0 aliphatic heterocycles. The second-order valence-corrected chi connectivity index (χ2v) is 8.82. The Morgan fingerprint density at radius 2 is 1.62 bits per heavy atom. The molecule has 1 N–H and O–H groups in total. The SMILES string of the molecule is O=C(CSc1nc(-c2ccccc2)c(-c2ccccc2)o1)N[C@H]1CCCc2ccccc21. The number of amides is 1. The van der Waals surface area contributed by atoms with Gasteiger partial charge in [0.05, 0.1) is 11.8 Å². The first-order valence-electron chi connectivity index (χ1n) is 10.9. The van der Waals surface area contributed by atoms with Crippen LogP contribution in [0.4, 0.5) is 0 Å². The van der Waals surface area contributed by atoms with Gasteiger partial charge in [-0.3, -0.25) is 4.79 Å². The molecule has 3 aromatic carbocycles. The molecule has 1 aliphatic rings. The van der Waals surface area contributed by atoms with Crippen molar-refractivity contribution in [1.29, 1.82) is 0 Å². The number of aryl methyl sites for hydroxylation is 1. The van der Waals surface area contributed by atoms with Crippen LogP contribution in [0.25, 0.3) is 22.6 Å². The minimum Gasteiger partial charge on any atom is -0.431 e. The van der Waals surface area contributed by atoms with E-state index in [9.17, 15) is 4.79 Å². The molecule has 1 heterocycles. The summed E-state index contributed by atoms with van der Waals surface area (Å²) < 4.78 is 6.12. The highest BCUT2D eigenvalue weighted by Crippen LogP contribution is 2.35. The van der Waals surface area contributed by atoms with Crippen molar-refractivity contribution < 1.29 is 9.21 Å². The highest BCUT2D eigenvalue weighted by Gasteiger charge is 2.22. The molecule has 0 radical (unpaired) electrons. The van der Waals surface area contributed by atoms with Gasteiger partial charge in [0.2, 0.25) is 5.91 Å². The largest absolute Gasteiger partial charge is 0.431 e. The normalized spacial score (nSPS) is 15.2. The van der Waals surface area contributed by atoms with Crippen LogP contribution in [0.5, 0.6) is 0 Å². The fraction of sp³-hybridized carbons (Fsp3) is 0.185. The Labute approximate surface area is 192 Å². The van der Waals surface area contributed by atoms with E-state index >= 15 is 0 Å². The molecule has 5 rings (SSSR count). The van der Waals surface area contributed by atoms with Crippen molar-refractivity contribution in [3.05, 3.63) is 96.1 Å². The fourth-order valence-electron chi connectivity index (χ4n) is 4.21. The monoisotopic (exact) mass is 440 g/mol. The van der Waals surface area contributed by atoms with E-state index in [-0.39, 0.29) is 17.7 Å². The minimum atomic E-state index is -0.00238. The molecular weight excluding hydrogens is 416 g/mol.